The van der Waals surface area contributed by atoms with Gasteiger partial charge >= 0.3 is 0 Å². The van der Waals surface area contributed by atoms with Crippen molar-refractivity contribution < 1.29 is 4.79 Å². The Labute approximate surface area is 93.4 Å². The van der Waals surface area contributed by atoms with Gasteiger partial charge in [-0.2, -0.15) is 0 Å². The van der Waals surface area contributed by atoms with Crippen LogP contribution in [0.25, 0.3) is 10.4 Å². The lowest BCUT2D eigenvalue weighted by Crippen LogP contribution is -1.89. The summed E-state index contributed by atoms with van der Waals surface area (Å²) in [5.41, 5.74) is 2.02. The van der Waals surface area contributed by atoms with Crippen LogP contribution in [0.15, 0.2) is 36.4 Å². The van der Waals surface area contributed by atoms with Gasteiger partial charge in [-0.1, -0.05) is 30.3 Å². The molecule has 0 amide bonds. The maximum atomic E-state index is 11.3. The molecule has 0 unspecified atom stereocenters. The molecule has 1 aromatic carbocycles. The maximum Gasteiger partial charge on any atom is 0.160 e. The summed E-state index contributed by atoms with van der Waals surface area (Å²) in [6.45, 7) is 3.61. The quantitative estimate of drug-likeness (QED) is 0.695. The molecule has 0 atom stereocenters. The highest BCUT2D eigenvalue weighted by Gasteiger charge is 2.09. The minimum absolute atomic E-state index is 0.144. The highest BCUT2D eigenvalue weighted by Crippen LogP contribution is 2.30. The van der Waals surface area contributed by atoms with Gasteiger partial charge in [-0.25, -0.2) is 0 Å². The van der Waals surface area contributed by atoms with Crippen LogP contribution in [-0.4, -0.2) is 5.78 Å². The lowest BCUT2D eigenvalue weighted by molar-refractivity contribution is 0.101. The fraction of sp³-hybridized carbons (Fsp3) is 0.154. The normalized spacial score (nSPS) is 10.3. The molecule has 0 fully saturated rings. The Bertz CT molecular complexity index is 482. The first kappa shape index (κ1) is 10.1. The minimum Gasteiger partial charge on any atom is -0.294 e. The molecule has 1 heterocycles. The Kier molecular flexibility index (Phi) is 2.69. The van der Waals surface area contributed by atoms with Gasteiger partial charge in [0.25, 0.3) is 0 Å². The van der Waals surface area contributed by atoms with Crippen molar-refractivity contribution in [3.05, 3.63) is 46.8 Å². The van der Waals surface area contributed by atoms with Crippen molar-refractivity contribution in [2.75, 3.05) is 0 Å². The monoisotopic (exact) mass is 216 g/mol. The zero-order valence-corrected chi connectivity index (χ0v) is 9.60. The molecule has 2 aromatic rings. The third-order valence-corrected chi connectivity index (χ3v) is 3.45. The molecule has 0 aliphatic carbocycles. The highest BCUT2D eigenvalue weighted by atomic mass is 32.1. The van der Waals surface area contributed by atoms with Crippen LogP contribution in [0.4, 0.5) is 0 Å². The predicted octanol–water partition coefficient (Wildman–Crippen LogP) is 3.93. The third kappa shape index (κ3) is 2.00. The number of hydrogen-bond acceptors (Lipinski definition) is 2. The molecule has 0 aliphatic heterocycles. The summed E-state index contributed by atoms with van der Waals surface area (Å²) >= 11 is 1.67. The second-order valence-electron chi connectivity index (χ2n) is 3.50. The Hall–Kier alpha value is -1.41. The number of Topliss-reactive ketones (excluding diaryl/α,β-unsaturated/α-hetero) is 1. The van der Waals surface area contributed by atoms with Gasteiger partial charge in [0.05, 0.1) is 0 Å². The van der Waals surface area contributed by atoms with Crippen LogP contribution < -0.4 is 0 Å². The van der Waals surface area contributed by atoms with Crippen LogP contribution in [0, 0.1) is 6.92 Å². The van der Waals surface area contributed by atoms with E-state index in [1.165, 1.54) is 10.4 Å². The lowest BCUT2D eigenvalue weighted by Gasteiger charge is -1.93. The molecule has 0 saturated heterocycles. The van der Waals surface area contributed by atoms with Gasteiger partial charge in [-0.05, 0) is 25.5 Å². The zero-order valence-electron chi connectivity index (χ0n) is 8.78. The van der Waals surface area contributed by atoms with Crippen LogP contribution in [-0.2, 0) is 0 Å². The average molecular weight is 216 g/mol. The van der Waals surface area contributed by atoms with E-state index < -0.39 is 0 Å². The molecule has 76 valence electrons. The summed E-state index contributed by atoms with van der Waals surface area (Å²) in [5, 5.41) is 0. The van der Waals surface area contributed by atoms with Gasteiger partial charge in [0.1, 0.15) is 0 Å². The van der Waals surface area contributed by atoms with E-state index in [-0.39, 0.29) is 5.78 Å². The smallest absolute Gasteiger partial charge is 0.160 e. The summed E-state index contributed by atoms with van der Waals surface area (Å²) in [5.74, 6) is 0.144. The predicted molar refractivity (Wildman–Crippen MR) is 64.5 cm³/mol. The van der Waals surface area contributed by atoms with Gasteiger partial charge in [-0.15, -0.1) is 11.3 Å². The number of hydrogen-bond donors (Lipinski definition) is 0. The Morgan fingerprint density at radius 1 is 1.20 bits per heavy atom. The zero-order chi connectivity index (χ0) is 10.8. The SMILES string of the molecule is CC(=O)c1cc(-c2ccccc2)sc1C. The van der Waals surface area contributed by atoms with Crippen LogP contribution in [0.3, 0.4) is 0 Å². The van der Waals surface area contributed by atoms with Crippen molar-refractivity contribution in [2.24, 2.45) is 0 Å². The van der Waals surface area contributed by atoms with Gasteiger partial charge in [0.15, 0.2) is 5.78 Å². The van der Waals surface area contributed by atoms with Gasteiger partial charge in [-0.3, -0.25) is 4.79 Å². The molecule has 0 N–H and O–H groups in total. The Balaban J connectivity index is 2.48. The highest BCUT2D eigenvalue weighted by molar-refractivity contribution is 7.15. The molecule has 0 bridgehead atoms. The number of thiophene rings is 1. The van der Waals surface area contributed by atoms with Crippen molar-refractivity contribution in [1.29, 1.82) is 0 Å². The molecule has 0 spiro atoms. The van der Waals surface area contributed by atoms with Crippen molar-refractivity contribution in [2.45, 2.75) is 13.8 Å². The number of aryl methyl sites for hydroxylation is 1. The van der Waals surface area contributed by atoms with E-state index in [1.807, 2.05) is 31.2 Å². The van der Waals surface area contributed by atoms with Crippen molar-refractivity contribution in [1.82, 2.24) is 0 Å². The lowest BCUT2D eigenvalue weighted by atomic mass is 10.1. The minimum atomic E-state index is 0.144. The largest absolute Gasteiger partial charge is 0.294 e. The van der Waals surface area contributed by atoms with E-state index >= 15 is 0 Å². The first-order valence-electron chi connectivity index (χ1n) is 4.85. The van der Waals surface area contributed by atoms with Crippen LogP contribution in [0.5, 0.6) is 0 Å². The number of carbonyl (C=O) groups excluding carboxylic acids is 1. The van der Waals surface area contributed by atoms with Crippen molar-refractivity contribution in [3.63, 3.8) is 0 Å². The van der Waals surface area contributed by atoms with E-state index in [2.05, 4.69) is 12.1 Å². The van der Waals surface area contributed by atoms with Crippen molar-refractivity contribution >= 4 is 17.1 Å². The fourth-order valence-electron chi connectivity index (χ4n) is 1.58. The number of carbonyl (C=O) groups is 1. The van der Waals surface area contributed by atoms with E-state index in [0.717, 1.165) is 10.4 Å². The standard InChI is InChI=1S/C13H12OS/c1-9(14)12-8-13(15-10(12)2)11-6-4-3-5-7-11/h3-8H,1-2H3. The summed E-state index contributed by atoms with van der Waals surface area (Å²) < 4.78 is 0. The molecule has 0 radical (unpaired) electrons. The summed E-state index contributed by atoms with van der Waals surface area (Å²) in [6, 6.07) is 12.1. The van der Waals surface area contributed by atoms with Crippen LogP contribution in [0.2, 0.25) is 0 Å². The van der Waals surface area contributed by atoms with E-state index in [9.17, 15) is 4.79 Å². The molecule has 0 aliphatic rings. The van der Waals surface area contributed by atoms with E-state index in [0.29, 0.717) is 0 Å². The molecule has 0 saturated carbocycles. The summed E-state index contributed by atoms with van der Waals surface area (Å²) in [7, 11) is 0. The third-order valence-electron chi connectivity index (χ3n) is 2.36. The molecule has 1 nitrogen and oxygen atoms in total. The van der Waals surface area contributed by atoms with E-state index in [1.54, 1.807) is 18.3 Å². The second kappa shape index (κ2) is 3.99. The molecule has 2 heteroatoms. The Morgan fingerprint density at radius 3 is 2.40 bits per heavy atom. The van der Waals surface area contributed by atoms with Gasteiger partial charge in [0.2, 0.25) is 0 Å². The first-order chi connectivity index (χ1) is 7.18. The molecular formula is C13H12OS. The molecule has 2 rings (SSSR count). The van der Waals surface area contributed by atoms with Crippen LogP contribution >= 0.6 is 11.3 Å². The first-order valence-corrected chi connectivity index (χ1v) is 5.67. The topological polar surface area (TPSA) is 17.1 Å². The Morgan fingerprint density at radius 2 is 1.87 bits per heavy atom. The summed E-state index contributed by atoms with van der Waals surface area (Å²) in [4.78, 5) is 13.6. The average Bonchev–Trinajstić information content (AvgIpc) is 2.62. The summed E-state index contributed by atoms with van der Waals surface area (Å²) in [6.07, 6.45) is 0. The fourth-order valence-corrected chi connectivity index (χ4v) is 2.65. The van der Waals surface area contributed by atoms with Crippen molar-refractivity contribution in [3.8, 4) is 10.4 Å². The number of benzene rings is 1. The van der Waals surface area contributed by atoms with Crippen LogP contribution in [0.1, 0.15) is 22.2 Å². The van der Waals surface area contributed by atoms with Gasteiger partial charge in [0, 0.05) is 15.3 Å². The number of rotatable bonds is 2. The second-order valence-corrected chi connectivity index (χ2v) is 4.76. The maximum absolute atomic E-state index is 11.3. The molecule has 1 aromatic heterocycles. The van der Waals surface area contributed by atoms with E-state index in [4.69, 9.17) is 0 Å². The van der Waals surface area contributed by atoms with Gasteiger partial charge < -0.3 is 0 Å². The molecule has 15 heavy (non-hydrogen) atoms. The molecular weight excluding hydrogens is 204 g/mol. The number of ketones is 1.